The van der Waals surface area contributed by atoms with Gasteiger partial charge in [0.25, 0.3) is 5.91 Å². The molecule has 1 N–H and O–H groups in total. The Morgan fingerprint density at radius 1 is 0.923 bits per heavy atom. The minimum atomic E-state index is -3.95. The molecule has 0 spiro atoms. The van der Waals surface area contributed by atoms with Crippen LogP contribution < -0.4 is 10.2 Å². The van der Waals surface area contributed by atoms with E-state index < -0.39 is 22.5 Å². The van der Waals surface area contributed by atoms with E-state index in [1.54, 1.807) is 18.2 Å². The summed E-state index contributed by atoms with van der Waals surface area (Å²) in [5.41, 5.74) is 6.04. The Bertz CT molecular complexity index is 1520. The third-order valence-electron chi connectivity index (χ3n) is 5.76. The fourth-order valence-corrected chi connectivity index (χ4v) is 5.33. The molecule has 9 heteroatoms. The number of aryl methyl sites for hydroxylation is 1. The Balaban J connectivity index is 1.42. The predicted molar refractivity (Wildman–Crippen MR) is 156 cm³/mol. The van der Waals surface area contributed by atoms with Crippen LogP contribution >= 0.6 is 15.9 Å². The number of hydrogen-bond acceptors (Lipinski definition) is 5. The smallest absolute Gasteiger partial charge is 0.255 e. The van der Waals surface area contributed by atoms with Gasteiger partial charge in [0.15, 0.2) is 0 Å². The highest BCUT2D eigenvalue weighted by Gasteiger charge is 2.27. The summed E-state index contributed by atoms with van der Waals surface area (Å²) >= 11 is 3.33. The Hall–Kier alpha value is -3.79. The molecular weight excluding hydrogens is 578 g/mol. The standard InChI is InChI=1S/C30H28BrN3O4S/c1-23-10-12-24(13-11-23)20-34(39(36,37)29-16-14-27(31)15-17-29)21-30(35)33-32-19-26-8-5-9-28(18-26)38-22-25-6-3-2-4-7-25/h2-19H,20-22H2,1H3,(H,33,35)/b32-19-. The van der Waals surface area contributed by atoms with E-state index in [1.165, 1.54) is 18.3 Å². The van der Waals surface area contributed by atoms with E-state index >= 15 is 0 Å². The Morgan fingerprint density at radius 3 is 2.36 bits per heavy atom. The minimum absolute atomic E-state index is 0.0383. The van der Waals surface area contributed by atoms with Crippen LogP contribution in [0.2, 0.25) is 0 Å². The molecule has 0 unspecified atom stereocenters. The Kier molecular flexibility index (Phi) is 9.64. The molecule has 200 valence electrons. The maximum absolute atomic E-state index is 13.4. The van der Waals surface area contributed by atoms with E-state index in [9.17, 15) is 13.2 Å². The van der Waals surface area contributed by atoms with Gasteiger partial charge in [0.05, 0.1) is 17.7 Å². The summed E-state index contributed by atoms with van der Waals surface area (Å²) in [5.74, 6) is 0.106. The Labute approximate surface area is 237 Å². The van der Waals surface area contributed by atoms with Crippen LogP contribution in [0, 0.1) is 6.92 Å². The number of rotatable bonds is 11. The van der Waals surface area contributed by atoms with Gasteiger partial charge in [-0.1, -0.05) is 88.2 Å². The van der Waals surface area contributed by atoms with Gasteiger partial charge in [-0.25, -0.2) is 13.8 Å². The fraction of sp³-hybridized carbons (Fsp3) is 0.133. The van der Waals surface area contributed by atoms with Crippen molar-refractivity contribution in [2.24, 2.45) is 5.10 Å². The number of nitrogens with one attached hydrogen (secondary N) is 1. The summed E-state index contributed by atoms with van der Waals surface area (Å²) in [7, 11) is -3.95. The largest absolute Gasteiger partial charge is 0.489 e. The minimum Gasteiger partial charge on any atom is -0.489 e. The van der Waals surface area contributed by atoms with Gasteiger partial charge in [0, 0.05) is 11.0 Å². The maximum Gasteiger partial charge on any atom is 0.255 e. The third kappa shape index (κ3) is 8.35. The summed E-state index contributed by atoms with van der Waals surface area (Å²) in [5, 5.41) is 4.03. The molecule has 0 heterocycles. The van der Waals surface area contributed by atoms with Crippen LogP contribution in [0.4, 0.5) is 0 Å². The number of benzene rings is 4. The number of sulfonamides is 1. The van der Waals surface area contributed by atoms with Gasteiger partial charge in [-0.15, -0.1) is 0 Å². The normalized spacial score (nSPS) is 11.6. The van der Waals surface area contributed by atoms with Crippen molar-refractivity contribution >= 4 is 38.1 Å². The number of carbonyl (C=O) groups excluding carboxylic acids is 1. The van der Waals surface area contributed by atoms with Crippen LogP contribution in [0.25, 0.3) is 0 Å². The van der Waals surface area contributed by atoms with Crippen LogP contribution in [0.5, 0.6) is 5.75 Å². The van der Waals surface area contributed by atoms with Crippen molar-refractivity contribution in [1.29, 1.82) is 0 Å². The van der Waals surface area contributed by atoms with Gasteiger partial charge >= 0.3 is 0 Å². The van der Waals surface area contributed by atoms with Gasteiger partial charge in [0.2, 0.25) is 10.0 Å². The summed E-state index contributed by atoms with van der Waals surface area (Å²) in [6, 6.07) is 31.0. The topological polar surface area (TPSA) is 88.1 Å². The number of nitrogens with zero attached hydrogens (tertiary/aromatic N) is 2. The fourth-order valence-electron chi connectivity index (χ4n) is 3.68. The number of hydrogen-bond donors (Lipinski definition) is 1. The lowest BCUT2D eigenvalue weighted by molar-refractivity contribution is -0.121. The molecule has 0 aliphatic heterocycles. The molecule has 0 aliphatic carbocycles. The van der Waals surface area contributed by atoms with Crippen molar-refractivity contribution in [3.63, 3.8) is 0 Å². The Morgan fingerprint density at radius 2 is 1.64 bits per heavy atom. The summed E-state index contributed by atoms with van der Waals surface area (Å²) in [4.78, 5) is 12.9. The van der Waals surface area contributed by atoms with E-state index in [0.29, 0.717) is 12.4 Å². The van der Waals surface area contributed by atoms with Crippen molar-refractivity contribution in [3.8, 4) is 5.75 Å². The lowest BCUT2D eigenvalue weighted by Gasteiger charge is -2.21. The lowest BCUT2D eigenvalue weighted by Crippen LogP contribution is -2.39. The molecule has 0 bridgehead atoms. The monoisotopic (exact) mass is 605 g/mol. The molecular formula is C30H28BrN3O4S. The second kappa shape index (κ2) is 13.3. The molecule has 4 aromatic rings. The molecule has 0 aliphatic rings. The molecule has 0 saturated heterocycles. The summed E-state index contributed by atoms with van der Waals surface area (Å²) in [6.45, 7) is 2.03. The SMILES string of the molecule is Cc1ccc(CN(CC(=O)N/N=C\c2cccc(OCc3ccccc3)c2)S(=O)(=O)c2ccc(Br)cc2)cc1. The molecule has 0 fully saturated rings. The molecule has 7 nitrogen and oxygen atoms in total. The molecule has 4 rings (SSSR count). The first-order chi connectivity index (χ1) is 18.8. The highest BCUT2D eigenvalue weighted by Crippen LogP contribution is 2.21. The van der Waals surface area contributed by atoms with Crippen molar-refractivity contribution in [1.82, 2.24) is 9.73 Å². The second-order valence-electron chi connectivity index (χ2n) is 8.85. The average Bonchev–Trinajstić information content (AvgIpc) is 2.94. The first kappa shape index (κ1) is 28.2. The maximum atomic E-state index is 13.4. The van der Waals surface area contributed by atoms with Crippen LogP contribution in [0.15, 0.2) is 118 Å². The van der Waals surface area contributed by atoms with Gasteiger partial charge < -0.3 is 4.74 Å². The van der Waals surface area contributed by atoms with E-state index in [-0.39, 0.29) is 11.4 Å². The average molecular weight is 607 g/mol. The van der Waals surface area contributed by atoms with Gasteiger partial charge in [0.1, 0.15) is 12.4 Å². The molecule has 1 amide bonds. The zero-order valence-corrected chi connectivity index (χ0v) is 23.7. The van der Waals surface area contributed by atoms with Gasteiger partial charge in [-0.05, 0) is 60.0 Å². The van der Waals surface area contributed by atoms with Crippen molar-refractivity contribution < 1.29 is 17.9 Å². The van der Waals surface area contributed by atoms with Crippen LogP contribution in [0.3, 0.4) is 0 Å². The number of halogens is 1. The van der Waals surface area contributed by atoms with Crippen molar-refractivity contribution in [2.45, 2.75) is 25.0 Å². The number of ether oxygens (including phenoxy) is 1. The highest BCUT2D eigenvalue weighted by molar-refractivity contribution is 9.10. The van der Waals surface area contributed by atoms with Gasteiger partial charge in [-0.3, -0.25) is 4.79 Å². The zero-order chi connectivity index (χ0) is 27.7. The van der Waals surface area contributed by atoms with Crippen molar-refractivity contribution in [2.75, 3.05) is 6.54 Å². The predicted octanol–water partition coefficient (Wildman–Crippen LogP) is 5.68. The number of amides is 1. The lowest BCUT2D eigenvalue weighted by atomic mass is 10.1. The molecule has 4 aromatic carbocycles. The van der Waals surface area contributed by atoms with E-state index in [1.807, 2.05) is 79.7 Å². The van der Waals surface area contributed by atoms with Crippen LogP contribution in [-0.4, -0.2) is 31.4 Å². The quantitative estimate of drug-likeness (QED) is 0.176. The zero-order valence-electron chi connectivity index (χ0n) is 21.3. The molecule has 0 radical (unpaired) electrons. The van der Waals surface area contributed by atoms with Crippen LogP contribution in [-0.2, 0) is 28.0 Å². The van der Waals surface area contributed by atoms with E-state index in [0.717, 1.165) is 31.0 Å². The molecule has 39 heavy (non-hydrogen) atoms. The number of hydrazone groups is 1. The molecule has 0 atom stereocenters. The molecule has 0 saturated carbocycles. The third-order valence-corrected chi connectivity index (χ3v) is 8.09. The summed E-state index contributed by atoms with van der Waals surface area (Å²) in [6.07, 6.45) is 1.49. The van der Waals surface area contributed by atoms with Crippen LogP contribution in [0.1, 0.15) is 22.3 Å². The van der Waals surface area contributed by atoms with Gasteiger partial charge in [-0.2, -0.15) is 9.41 Å². The van der Waals surface area contributed by atoms with E-state index in [4.69, 9.17) is 4.74 Å². The first-order valence-corrected chi connectivity index (χ1v) is 14.4. The van der Waals surface area contributed by atoms with Crippen molar-refractivity contribution in [3.05, 3.63) is 130 Å². The summed E-state index contributed by atoms with van der Waals surface area (Å²) < 4.78 is 34.6. The number of carbonyl (C=O) groups is 1. The second-order valence-corrected chi connectivity index (χ2v) is 11.7. The first-order valence-electron chi connectivity index (χ1n) is 12.2. The van der Waals surface area contributed by atoms with E-state index in [2.05, 4.69) is 26.5 Å². The highest BCUT2D eigenvalue weighted by atomic mass is 79.9. The molecule has 0 aromatic heterocycles.